The lowest BCUT2D eigenvalue weighted by Crippen LogP contribution is -2.38. The number of nitrogens with one attached hydrogen (secondary N) is 1. The summed E-state index contributed by atoms with van der Waals surface area (Å²) in [5.74, 6) is 1.59. The number of carbonyl (C=O) groups excluding carboxylic acids is 1. The summed E-state index contributed by atoms with van der Waals surface area (Å²) in [7, 11) is 0. The lowest BCUT2D eigenvalue weighted by atomic mass is 10.2. The van der Waals surface area contributed by atoms with Crippen LogP contribution in [-0.4, -0.2) is 71.8 Å². The first-order chi connectivity index (χ1) is 16.0. The van der Waals surface area contributed by atoms with Gasteiger partial charge in [-0.05, 0) is 18.1 Å². The Kier molecular flexibility index (Phi) is 7.79. The average molecular weight is 476 g/mol. The molecule has 4 heterocycles. The van der Waals surface area contributed by atoms with Crippen LogP contribution in [0, 0.1) is 0 Å². The molecule has 2 aromatic heterocycles. The quantitative estimate of drug-likeness (QED) is 0.498. The zero-order chi connectivity index (χ0) is 23.2. The molecule has 0 saturated carbocycles. The third-order valence-corrected chi connectivity index (χ3v) is 5.94. The van der Waals surface area contributed by atoms with Crippen LogP contribution in [0.3, 0.4) is 0 Å². The molecule has 0 aromatic carbocycles. The largest absolute Gasteiger partial charge is 0.475 e. The number of rotatable bonds is 10. The van der Waals surface area contributed by atoms with E-state index < -0.39 is 0 Å². The minimum absolute atomic E-state index is 0.0846. The average Bonchev–Trinajstić information content (AvgIpc) is 3.12. The number of aromatic nitrogens is 3. The second kappa shape index (κ2) is 11.0. The lowest BCUT2D eigenvalue weighted by molar-refractivity contribution is -0.117. The summed E-state index contributed by atoms with van der Waals surface area (Å²) < 4.78 is 11.1. The van der Waals surface area contributed by atoms with Gasteiger partial charge in [0.25, 0.3) is 0 Å². The normalized spacial score (nSPS) is 16.2. The predicted molar refractivity (Wildman–Crippen MR) is 127 cm³/mol. The molecule has 1 saturated heterocycles. The van der Waals surface area contributed by atoms with Gasteiger partial charge in [-0.15, -0.1) is 0 Å². The fourth-order valence-corrected chi connectivity index (χ4v) is 4.05. The molecule has 10 nitrogen and oxygen atoms in total. The van der Waals surface area contributed by atoms with Crippen LogP contribution in [-0.2, 0) is 22.5 Å². The van der Waals surface area contributed by atoms with E-state index in [1.807, 2.05) is 0 Å². The van der Waals surface area contributed by atoms with Gasteiger partial charge in [0, 0.05) is 37.9 Å². The van der Waals surface area contributed by atoms with Gasteiger partial charge in [-0.1, -0.05) is 24.9 Å². The second-order valence-corrected chi connectivity index (χ2v) is 8.51. The molecule has 3 N–H and O–H groups in total. The Morgan fingerprint density at radius 1 is 1.30 bits per heavy atom. The molecule has 0 spiro atoms. The van der Waals surface area contributed by atoms with Crippen LogP contribution in [0.4, 0.5) is 17.6 Å². The highest BCUT2D eigenvalue weighted by Crippen LogP contribution is 2.33. The molecule has 1 amide bonds. The fourth-order valence-electron chi connectivity index (χ4n) is 3.80. The number of nitrogen functional groups attached to an aromatic ring is 1. The summed E-state index contributed by atoms with van der Waals surface area (Å²) >= 11 is 6.41. The maximum Gasteiger partial charge on any atom is 0.233 e. The Morgan fingerprint density at radius 2 is 2.12 bits per heavy atom. The van der Waals surface area contributed by atoms with Gasteiger partial charge in [0.15, 0.2) is 0 Å². The summed E-state index contributed by atoms with van der Waals surface area (Å²) in [6, 6.07) is 1.77. The predicted octanol–water partition coefficient (Wildman–Crippen LogP) is 2.12. The Bertz CT molecular complexity index is 985. The molecule has 0 atom stereocenters. The first-order valence-corrected chi connectivity index (χ1v) is 11.7. The van der Waals surface area contributed by atoms with Crippen molar-refractivity contribution in [2.75, 3.05) is 62.0 Å². The Hall–Kier alpha value is -2.69. The Morgan fingerprint density at radius 3 is 2.88 bits per heavy atom. The van der Waals surface area contributed by atoms with Crippen LogP contribution in [0.25, 0.3) is 0 Å². The van der Waals surface area contributed by atoms with E-state index in [0.29, 0.717) is 40.7 Å². The van der Waals surface area contributed by atoms with E-state index in [0.717, 1.165) is 57.8 Å². The van der Waals surface area contributed by atoms with Crippen LogP contribution in [0.15, 0.2) is 12.3 Å². The molecule has 2 aliphatic rings. The van der Waals surface area contributed by atoms with Gasteiger partial charge in [0.2, 0.25) is 17.7 Å². The minimum atomic E-state index is -0.0846. The number of pyridine rings is 1. The zero-order valence-corrected chi connectivity index (χ0v) is 19.6. The SMILES string of the molecule is CCCCNc1nc(N)c2c(n1)N(Cc1cnc(OCCN3CCOCC3)c(Cl)c1)C(=O)C2. The number of nitrogens with two attached hydrogens (primary N) is 1. The van der Waals surface area contributed by atoms with E-state index in [9.17, 15) is 4.79 Å². The monoisotopic (exact) mass is 475 g/mol. The van der Waals surface area contributed by atoms with Crippen LogP contribution in [0.2, 0.25) is 5.02 Å². The van der Waals surface area contributed by atoms with Gasteiger partial charge in [-0.2, -0.15) is 9.97 Å². The van der Waals surface area contributed by atoms with Gasteiger partial charge in [-0.25, -0.2) is 4.98 Å². The van der Waals surface area contributed by atoms with Crippen molar-refractivity contribution in [3.63, 3.8) is 0 Å². The highest BCUT2D eigenvalue weighted by Gasteiger charge is 2.32. The van der Waals surface area contributed by atoms with Crippen molar-refractivity contribution in [2.45, 2.75) is 32.7 Å². The highest BCUT2D eigenvalue weighted by atomic mass is 35.5. The first kappa shape index (κ1) is 23.5. The molecule has 2 aromatic rings. The van der Waals surface area contributed by atoms with Gasteiger partial charge in [0.05, 0.1) is 26.2 Å². The number of amides is 1. The topological polar surface area (TPSA) is 119 Å². The Balaban J connectivity index is 1.40. The molecule has 2 aliphatic heterocycles. The van der Waals surface area contributed by atoms with E-state index in [4.69, 9.17) is 26.8 Å². The second-order valence-electron chi connectivity index (χ2n) is 8.10. The molecule has 1 fully saturated rings. The Labute approximate surface area is 198 Å². The molecule has 0 radical (unpaired) electrons. The van der Waals surface area contributed by atoms with Gasteiger partial charge < -0.3 is 20.5 Å². The van der Waals surface area contributed by atoms with Crippen molar-refractivity contribution in [1.82, 2.24) is 19.9 Å². The van der Waals surface area contributed by atoms with Crippen LogP contribution >= 0.6 is 11.6 Å². The number of morpholine rings is 1. The van der Waals surface area contributed by atoms with Crippen molar-refractivity contribution in [3.8, 4) is 5.88 Å². The van der Waals surface area contributed by atoms with Crippen LogP contribution in [0.5, 0.6) is 5.88 Å². The number of halogens is 1. The molecule has 11 heteroatoms. The van der Waals surface area contributed by atoms with E-state index in [-0.39, 0.29) is 18.9 Å². The van der Waals surface area contributed by atoms with E-state index in [1.165, 1.54) is 0 Å². The standard InChI is InChI=1S/C22H30ClN7O3/c1-2-3-4-25-22-27-19(24)16-12-18(31)30(20(16)28-22)14-15-11-17(23)21(26-13-15)33-10-7-29-5-8-32-9-6-29/h11,13H,2-10,12,14H2,1H3,(H3,24,25,27,28). The summed E-state index contributed by atoms with van der Waals surface area (Å²) in [6.07, 6.45) is 3.90. The number of hydrogen-bond acceptors (Lipinski definition) is 9. The molecule has 0 aliphatic carbocycles. The number of nitrogens with zero attached hydrogens (tertiary/aromatic N) is 5. The van der Waals surface area contributed by atoms with Crippen molar-refractivity contribution in [1.29, 1.82) is 0 Å². The molecule has 33 heavy (non-hydrogen) atoms. The number of ether oxygens (including phenoxy) is 2. The molecule has 4 rings (SSSR count). The summed E-state index contributed by atoms with van der Waals surface area (Å²) in [6.45, 7) is 7.73. The maximum absolute atomic E-state index is 12.7. The first-order valence-electron chi connectivity index (χ1n) is 11.3. The minimum Gasteiger partial charge on any atom is -0.475 e. The highest BCUT2D eigenvalue weighted by molar-refractivity contribution is 6.31. The van der Waals surface area contributed by atoms with E-state index in [1.54, 1.807) is 17.2 Å². The maximum atomic E-state index is 12.7. The van der Waals surface area contributed by atoms with Crippen LogP contribution in [0.1, 0.15) is 30.9 Å². The van der Waals surface area contributed by atoms with Gasteiger partial charge >= 0.3 is 0 Å². The molecular formula is C22H30ClN7O3. The smallest absolute Gasteiger partial charge is 0.233 e. The van der Waals surface area contributed by atoms with Crippen molar-refractivity contribution >= 4 is 35.1 Å². The van der Waals surface area contributed by atoms with E-state index >= 15 is 0 Å². The molecule has 178 valence electrons. The third-order valence-electron chi connectivity index (χ3n) is 5.67. The zero-order valence-electron chi connectivity index (χ0n) is 18.8. The lowest BCUT2D eigenvalue weighted by Gasteiger charge is -2.26. The number of unbranched alkanes of at least 4 members (excludes halogenated alkanes) is 1. The number of carbonyl (C=O) groups is 1. The molecule has 0 unspecified atom stereocenters. The number of fused-ring (bicyclic) bond motifs is 1. The van der Waals surface area contributed by atoms with Crippen molar-refractivity contribution in [2.24, 2.45) is 0 Å². The number of hydrogen-bond donors (Lipinski definition) is 2. The third kappa shape index (κ3) is 5.82. The fraction of sp³-hybridized carbons (Fsp3) is 0.545. The van der Waals surface area contributed by atoms with Gasteiger partial charge in [0.1, 0.15) is 23.3 Å². The van der Waals surface area contributed by atoms with Gasteiger partial charge in [-0.3, -0.25) is 14.6 Å². The number of anilines is 3. The molecule has 0 bridgehead atoms. The van der Waals surface area contributed by atoms with E-state index in [2.05, 4.69) is 32.1 Å². The summed E-state index contributed by atoms with van der Waals surface area (Å²) in [5, 5.41) is 3.58. The van der Waals surface area contributed by atoms with Crippen molar-refractivity contribution < 1.29 is 14.3 Å². The summed E-state index contributed by atoms with van der Waals surface area (Å²) in [4.78, 5) is 29.8. The molecular weight excluding hydrogens is 446 g/mol. The van der Waals surface area contributed by atoms with Crippen molar-refractivity contribution in [3.05, 3.63) is 28.4 Å². The van der Waals surface area contributed by atoms with Crippen LogP contribution < -0.4 is 20.7 Å². The summed E-state index contributed by atoms with van der Waals surface area (Å²) in [5.41, 5.74) is 7.54.